The molecule has 1 saturated heterocycles. The smallest absolute Gasteiger partial charge is 0.321 e. The van der Waals surface area contributed by atoms with Crippen LogP contribution in [0.3, 0.4) is 0 Å². The standard InChI is InChI=1S/C17H23N3O5S/c1-11-8-12(16(21)22)10-19(9-11)17(23)18-14-4-3-5-15-13(14)6-7-20(15)26(2,24)25/h3-5,11-12H,6-10H2,1-2H3,(H,18,23)(H,21,22). The molecule has 2 aliphatic rings. The summed E-state index contributed by atoms with van der Waals surface area (Å²) in [6.07, 6.45) is 2.24. The van der Waals surface area contributed by atoms with Crippen LogP contribution in [0.4, 0.5) is 16.2 Å². The molecule has 2 atom stereocenters. The maximum atomic E-state index is 12.6. The summed E-state index contributed by atoms with van der Waals surface area (Å²) in [5.74, 6) is -1.34. The van der Waals surface area contributed by atoms with Crippen LogP contribution in [0, 0.1) is 11.8 Å². The number of carbonyl (C=O) groups excluding carboxylic acids is 1. The molecule has 0 saturated carbocycles. The largest absolute Gasteiger partial charge is 0.481 e. The van der Waals surface area contributed by atoms with Gasteiger partial charge in [0.05, 0.1) is 17.9 Å². The van der Waals surface area contributed by atoms with E-state index in [2.05, 4.69) is 5.32 Å². The highest BCUT2D eigenvalue weighted by Crippen LogP contribution is 2.35. The minimum atomic E-state index is -3.36. The lowest BCUT2D eigenvalue weighted by molar-refractivity contribution is -0.143. The van der Waals surface area contributed by atoms with E-state index in [9.17, 15) is 23.1 Å². The first kappa shape index (κ1) is 18.5. The van der Waals surface area contributed by atoms with Crippen molar-refractivity contribution in [2.75, 3.05) is 35.5 Å². The maximum absolute atomic E-state index is 12.6. The van der Waals surface area contributed by atoms with Crippen LogP contribution in [-0.2, 0) is 21.2 Å². The van der Waals surface area contributed by atoms with Crippen LogP contribution >= 0.6 is 0 Å². The summed E-state index contributed by atoms with van der Waals surface area (Å²) in [7, 11) is -3.36. The molecule has 26 heavy (non-hydrogen) atoms. The molecule has 2 N–H and O–H groups in total. The number of aliphatic carboxylic acids is 1. The Morgan fingerprint density at radius 1 is 1.27 bits per heavy atom. The Hall–Kier alpha value is -2.29. The Morgan fingerprint density at radius 3 is 2.65 bits per heavy atom. The first-order chi connectivity index (χ1) is 12.2. The third-order valence-electron chi connectivity index (χ3n) is 4.92. The van der Waals surface area contributed by atoms with Gasteiger partial charge in [-0.2, -0.15) is 0 Å². The summed E-state index contributed by atoms with van der Waals surface area (Å²) in [5.41, 5.74) is 1.94. The van der Waals surface area contributed by atoms with Crippen LogP contribution in [0.5, 0.6) is 0 Å². The first-order valence-electron chi connectivity index (χ1n) is 8.55. The molecule has 3 rings (SSSR count). The topological polar surface area (TPSA) is 107 Å². The highest BCUT2D eigenvalue weighted by atomic mass is 32.2. The Labute approximate surface area is 152 Å². The van der Waals surface area contributed by atoms with Crippen molar-refractivity contribution in [1.82, 2.24) is 4.90 Å². The molecule has 0 aromatic heterocycles. The number of carbonyl (C=O) groups is 2. The SMILES string of the molecule is CC1CC(C(=O)O)CN(C(=O)Nc2cccc3c2CCN3S(C)(=O)=O)C1. The maximum Gasteiger partial charge on any atom is 0.321 e. The van der Waals surface area contributed by atoms with Crippen molar-refractivity contribution in [2.45, 2.75) is 19.8 Å². The van der Waals surface area contributed by atoms with Crippen molar-refractivity contribution >= 4 is 33.4 Å². The van der Waals surface area contributed by atoms with E-state index >= 15 is 0 Å². The number of carboxylic acids is 1. The van der Waals surface area contributed by atoms with Crippen LogP contribution in [0.1, 0.15) is 18.9 Å². The molecule has 142 valence electrons. The van der Waals surface area contributed by atoms with Crippen molar-refractivity contribution in [3.05, 3.63) is 23.8 Å². The Bertz CT molecular complexity index is 839. The number of likely N-dealkylation sites (tertiary alicyclic amines) is 1. The van der Waals surface area contributed by atoms with Crippen molar-refractivity contribution < 1.29 is 23.1 Å². The molecule has 9 heteroatoms. The average Bonchev–Trinajstić information content (AvgIpc) is 2.99. The predicted octanol–water partition coefficient (Wildman–Crippen LogP) is 1.58. The Kier molecular flexibility index (Phi) is 4.83. The van der Waals surface area contributed by atoms with Gasteiger partial charge in [-0.3, -0.25) is 9.10 Å². The fourth-order valence-electron chi connectivity index (χ4n) is 3.76. The number of piperidine rings is 1. The minimum absolute atomic E-state index is 0.109. The number of carboxylic acid groups (broad SMARTS) is 1. The van der Waals surface area contributed by atoms with E-state index in [1.807, 2.05) is 6.92 Å². The highest BCUT2D eigenvalue weighted by Gasteiger charge is 2.33. The number of fused-ring (bicyclic) bond motifs is 1. The number of sulfonamides is 1. The van der Waals surface area contributed by atoms with Crippen molar-refractivity contribution in [3.63, 3.8) is 0 Å². The second-order valence-electron chi connectivity index (χ2n) is 7.10. The van der Waals surface area contributed by atoms with E-state index in [0.29, 0.717) is 37.3 Å². The molecule has 1 aromatic rings. The molecule has 2 unspecified atom stereocenters. The van der Waals surface area contributed by atoms with Crippen molar-refractivity contribution in [2.24, 2.45) is 11.8 Å². The number of amides is 2. The summed E-state index contributed by atoms with van der Waals surface area (Å²) < 4.78 is 25.1. The van der Waals surface area contributed by atoms with E-state index in [4.69, 9.17) is 0 Å². The number of nitrogens with zero attached hydrogens (tertiary/aromatic N) is 2. The molecule has 8 nitrogen and oxygen atoms in total. The van der Waals surface area contributed by atoms with Crippen LogP contribution in [0.2, 0.25) is 0 Å². The minimum Gasteiger partial charge on any atom is -0.481 e. The van der Waals surface area contributed by atoms with Gasteiger partial charge in [0.2, 0.25) is 10.0 Å². The second kappa shape index (κ2) is 6.79. The number of nitrogens with one attached hydrogen (secondary N) is 1. The third kappa shape index (κ3) is 3.62. The van der Waals surface area contributed by atoms with E-state index in [0.717, 1.165) is 11.8 Å². The number of rotatable bonds is 3. The summed E-state index contributed by atoms with van der Waals surface area (Å²) in [6.45, 7) is 2.96. The summed E-state index contributed by atoms with van der Waals surface area (Å²) >= 11 is 0. The zero-order valence-corrected chi connectivity index (χ0v) is 15.6. The molecule has 1 aromatic carbocycles. The molecule has 0 spiro atoms. The molecular weight excluding hydrogens is 358 g/mol. The van der Waals surface area contributed by atoms with Crippen molar-refractivity contribution in [3.8, 4) is 0 Å². The zero-order chi connectivity index (χ0) is 19.1. The van der Waals surface area contributed by atoms with Crippen LogP contribution in [-0.4, -0.2) is 56.3 Å². The predicted molar refractivity (Wildman–Crippen MR) is 97.8 cm³/mol. The van der Waals surface area contributed by atoms with E-state index in [-0.39, 0.29) is 18.5 Å². The van der Waals surface area contributed by atoms with Crippen molar-refractivity contribution in [1.29, 1.82) is 0 Å². The van der Waals surface area contributed by atoms with Gasteiger partial charge in [-0.1, -0.05) is 13.0 Å². The number of anilines is 2. The molecule has 2 amide bonds. The molecule has 0 bridgehead atoms. The average molecular weight is 381 g/mol. The number of benzene rings is 1. The van der Waals surface area contributed by atoms with Gasteiger partial charge in [0.25, 0.3) is 0 Å². The van der Waals surface area contributed by atoms with Gasteiger partial charge in [0, 0.05) is 30.9 Å². The monoisotopic (exact) mass is 381 g/mol. The molecule has 2 aliphatic heterocycles. The zero-order valence-electron chi connectivity index (χ0n) is 14.8. The van der Waals surface area contributed by atoms with Gasteiger partial charge in [-0.05, 0) is 30.9 Å². The summed E-state index contributed by atoms with van der Waals surface area (Å²) in [5, 5.41) is 12.1. The lowest BCUT2D eigenvalue weighted by atomic mass is 9.91. The van der Waals surface area contributed by atoms with Crippen LogP contribution in [0.25, 0.3) is 0 Å². The van der Waals surface area contributed by atoms with Gasteiger partial charge in [0.1, 0.15) is 0 Å². The fraction of sp³-hybridized carbons (Fsp3) is 0.529. The van der Waals surface area contributed by atoms with Gasteiger partial charge in [-0.25, -0.2) is 13.2 Å². The number of urea groups is 1. The van der Waals surface area contributed by atoms with E-state index in [1.165, 1.54) is 9.21 Å². The summed E-state index contributed by atoms with van der Waals surface area (Å²) in [6, 6.07) is 4.82. The number of hydrogen-bond donors (Lipinski definition) is 2. The van der Waals surface area contributed by atoms with Gasteiger partial charge >= 0.3 is 12.0 Å². The van der Waals surface area contributed by atoms with E-state index in [1.54, 1.807) is 18.2 Å². The molecule has 0 radical (unpaired) electrons. The molecule has 1 fully saturated rings. The van der Waals surface area contributed by atoms with Crippen LogP contribution in [0.15, 0.2) is 18.2 Å². The van der Waals surface area contributed by atoms with Gasteiger partial charge < -0.3 is 15.3 Å². The third-order valence-corrected chi connectivity index (χ3v) is 6.10. The number of hydrogen-bond acceptors (Lipinski definition) is 4. The lowest BCUT2D eigenvalue weighted by Gasteiger charge is -2.34. The summed E-state index contributed by atoms with van der Waals surface area (Å²) in [4.78, 5) is 25.5. The first-order valence-corrected chi connectivity index (χ1v) is 10.4. The molecule has 0 aliphatic carbocycles. The fourth-order valence-corrected chi connectivity index (χ4v) is 4.71. The Morgan fingerprint density at radius 2 is 2.00 bits per heavy atom. The molecular formula is C17H23N3O5S. The molecule has 2 heterocycles. The Balaban J connectivity index is 1.79. The van der Waals surface area contributed by atoms with Crippen LogP contribution < -0.4 is 9.62 Å². The van der Waals surface area contributed by atoms with Gasteiger partial charge in [0.15, 0.2) is 0 Å². The highest BCUT2D eigenvalue weighted by molar-refractivity contribution is 7.92. The second-order valence-corrected chi connectivity index (χ2v) is 9.01. The van der Waals surface area contributed by atoms with Gasteiger partial charge in [-0.15, -0.1) is 0 Å². The normalized spacial score (nSPS) is 22.8. The lowest BCUT2D eigenvalue weighted by Crippen LogP contribution is -2.47. The van der Waals surface area contributed by atoms with E-state index < -0.39 is 21.9 Å². The quantitative estimate of drug-likeness (QED) is 0.827.